The van der Waals surface area contributed by atoms with E-state index in [1.807, 2.05) is 0 Å². The van der Waals surface area contributed by atoms with Crippen LogP contribution >= 0.6 is 15.9 Å². The Morgan fingerprint density at radius 3 is 3.00 bits per heavy atom. The van der Waals surface area contributed by atoms with Gasteiger partial charge in [-0.3, -0.25) is 0 Å². The van der Waals surface area contributed by atoms with Crippen molar-refractivity contribution < 1.29 is 4.39 Å². The van der Waals surface area contributed by atoms with Crippen LogP contribution in [0.2, 0.25) is 0 Å². The fourth-order valence-electron chi connectivity index (χ4n) is 1.00. The summed E-state index contributed by atoms with van der Waals surface area (Å²) in [4.78, 5) is 3.90. The van der Waals surface area contributed by atoms with Crippen molar-refractivity contribution in [3.63, 3.8) is 0 Å². The molecule has 2 heterocycles. The van der Waals surface area contributed by atoms with Gasteiger partial charge in [-0.15, -0.1) is 0 Å². The molecule has 0 saturated heterocycles. The van der Waals surface area contributed by atoms with E-state index in [4.69, 9.17) is 5.73 Å². The molecule has 3 nitrogen and oxygen atoms in total. The minimum Gasteiger partial charge on any atom is -0.382 e. The summed E-state index contributed by atoms with van der Waals surface area (Å²) in [5, 5.41) is 0. The number of pyridine rings is 1. The van der Waals surface area contributed by atoms with Gasteiger partial charge >= 0.3 is 0 Å². The van der Waals surface area contributed by atoms with E-state index in [9.17, 15) is 4.39 Å². The van der Waals surface area contributed by atoms with E-state index in [1.165, 1.54) is 6.07 Å². The molecule has 0 bridgehead atoms. The van der Waals surface area contributed by atoms with Crippen LogP contribution < -0.4 is 5.73 Å². The quantitative estimate of drug-likeness (QED) is 0.749. The Labute approximate surface area is 76.1 Å². The summed E-state index contributed by atoms with van der Waals surface area (Å²) in [5.74, 6) is 0.0422. The summed E-state index contributed by atoms with van der Waals surface area (Å²) in [5.41, 5.74) is 5.93. The molecule has 0 spiro atoms. The highest BCUT2D eigenvalue weighted by Gasteiger charge is 2.03. The first kappa shape index (κ1) is 7.54. The van der Waals surface area contributed by atoms with Gasteiger partial charge in [-0.25, -0.2) is 9.37 Å². The maximum absolute atomic E-state index is 12.9. The first-order valence-corrected chi connectivity index (χ1v) is 4.05. The number of fused-ring (bicyclic) bond motifs is 1. The standard InChI is InChI=1S/C7H5BrFN3/c8-4-2-12-3-6(10)11-7(12)1-5(4)9/h1-3H,10H2. The van der Waals surface area contributed by atoms with Crippen LogP contribution in [0.1, 0.15) is 0 Å². The van der Waals surface area contributed by atoms with Crippen molar-refractivity contribution >= 4 is 27.4 Å². The van der Waals surface area contributed by atoms with E-state index in [2.05, 4.69) is 20.9 Å². The lowest BCUT2D eigenvalue weighted by molar-refractivity contribution is 0.619. The normalized spacial score (nSPS) is 10.8. The number of halogens is 2. The van der Waals surface area contributed by atoms with Crippen molar-refractivity contribution in [1.29, 1.82) is 0 Å². The van der Waals surface area contributed by atoms with Gasteiger partial charge < -0.3 is 10.1 Å². The minimum absolute atomic E-state index is 0.340. The van der Waals surface area contributed by atoms with Crippen LogP contribution in [0.3, 0.4) is 0 Å². The van der Waals surface area contributed by atoms with E-state index in [1.54, 1.807) is 16.8 Å². The van der Waals surface area contributed by atoms with E-state index >= 15 is 0 Å². The fraction of sp³-hybridized carbons (Fsp3) is 0. The molecule has 0 radical (unpaired) electrons. The number of nitrogens with two attached hydrogens (primary N) is 1. The topological polar surface area (TPSA) is 43.3 Å². The highest BCUT2D eigenvalue weighted by atomic mass is 79.9. The number of rotatable bonds is 0. The summed E-state index contributed by atoms with van der Waals surface area (Å²) < 4.78 is 15.0. The van der Waals surface area contributed by atoms with Gasteiger partial charge in [0.15, 0.2) is 0 Å². The van der Waals surface area contributed by atoms with E-state index < -0.39 is 0 Å². The van der Waals surface area contributed by atoms with Gasteiger partial charge in [0.25, 0.3) is 0 Å². The van der Waals surface area contributed by atoms with Gasteiger partial charge in [-0.05, 0) is 15.9 Å². The molecular formula is C7H5BrFN3. The maximum Gasteiger partial charge on any atom is 0.142 e. The Morgan fingerprint density at radius 2 is 2.25 bits per heavy atom. The highest BCUT2D eigenvalue weighted by Crippen LogP contribution is 2.17. The third-order valence-corrected chi connectivity index (χ3v) is 2.10. The summed E-state index contributed by atoms with van der Waals surface area (Å²) in [6.45, 7) is 0. The number of hydrogen-bond donors (Lipinski definition) is 1. The average molecular weight is 230 g/mol. The SMILES string of the molecule is Nc1cn2cc(Br)c(F)cc2n1. The van der Waals surface area contributed by atoms with E-state index in [0.29, 0.717) is 15.9 Å². The van der Waals surface area contributed by atoms with Crippen molar-refractivity contribution in [1.82, 2.24) is 9.38 Å². The molecule has 12 heavy (non-hydrogen) atoms. The Balaban J connectivity index is 2.83. The molecule has 0 aliphatic rings. The fourth-order valence-corrected chi connectivity index (χ4v) is 1.34. The predicted octanol–water partition coefficient (Wildman–Crippen LogP) is 1.82. The molecule has 0 fully saturated rings. The van der Waals surface area contributed by atoms with Crippen molar-refractivity contribution in [2.75, 3.05) is 5.73 Å². The van der Waals surface area contributed by atoms with E-state index in [0.717, 1.165) is 0 Å². The second-order valence-electron chi connectivity index (χ2n) is 2.40. The Morgan fingerprint density at radius 1 is 1.50 bits per heavy atom. The number of nitrogen functional groups attached to an aromatic ring is 1. The molecule has 2 aromatic heterocycles. The van der Waals surface area contributed by atoms with Crippen LogP contribution in [0.4, 0.5) is 10.2 Å². The molecule has 0 aliphatic heterocycles. The number of nitrogens with zero attached hydrogens (tertiary/aromatic N) is 2. The molecule has 0 saturated carbocycles. The van der Waals surface area contributed by atoms with Gasteiger partial charge in [0.05, 0.1) is 10.7 Å². The predicted molar refractivity (Wildman–Crippen MR) is 47.3 cm³/mol. The number of hydrogen-bond acceptors (Lipinski definition) is 2. The lowest BCUT2D eigenvalue weighted by atomic mass is 10.4. The molecule has 2 N–H and O–H groups in total. The number of aromatic nitrogens is 2. The number of imidazole rings is 1. The van der Waals surface area contributed by atoms with Gasteiger partial charge in [-0.2, -0.15) is 0 Å². The molecule has 2 rings (SSSR count). The lowest BCUT2D eigenvalue weighted by Gasteiger charge is -1.94. The molecule has 5 heteroatoms. The van der Waals surface area contributed by atoms with Gasteiger partial charge in [-0.1, -0.05) is 0 Å². The van der Waals surface area contributed by atoms with Crippen molar-refractivity contribution in [3.8, 4) is 0 Å². The smallest absolute Gasteiger partial charge is 0.142 e. The van der Waals surface area contributed by atoms with Gasteiger partial charge in [0.1, 0.15) is 17.3 Å². The van der Waals surface area contributed by atoms with Crippen molar-refractivity contribution in [3.05, 3.63) is 28.7 Å². The van der Waals surface area contributed by atoms with Crippen LogP contribution in [-0.4, -0.2) is 9.38 Å². The van der Waals surface area contributed by atoms with Crippen LogP contribution in [0.25, 0.3) is 5.65 Å². The van der Waals surface area contributed by atoms with Gasteiger partial charge in [0, 0.05) is 12.3 Å². The van der Waals surface area contributed by atoms with Crippen LogP contribution in [0.5, 0.6) is 0 Å². The zero-order valence-electron chi connectivity index (χ0n) is 5.96. The Hall–Kier alpha value is -1.10. The second kappa shape index (κ2) is 2.45. The summed E-state index contributed by atoms with van der Waals surface area (Å²) >= 11 is 3.06. The molecule has 0 atom stereocenters. The Kier molecular flexibility index (Phi) is 1.54. The average Bonchev–Trinajstić information content (AvgIpc) is 2.30. The van der Waals surface area contributed by atoms with E-state index in [-0.39, 0.29) is 5.82 Å². The Bertz CT molecular complexity index is 398. The molecule has 0 amide bonds. The van der Waals surface area contributed by atoms with Crippen LogP contribution in [0.15, 0.2) is 22.9 Å². The number of anilines is 1. The van der Waals surface area contributed by atoms with Crippen LogP contribution in [0, 0.1) is 5.82 Å². The van der Waals surface area contributed by atoms with Gasteiger partial charge in [0.2, 0.25) is 0 Å². The molecular weight excluding hydrogens is 225 g/mol. The maximum atomic E-state index is 12.9. The molecule has 2 aromatic rings. The zero-order chi connectivity index (χ0) is 8.72. The second-order valence-corrected chi connectivity index (χ2v) is 3.25. The minimum atomic E-state index is -0.340. The van der Waals surface area contributed by atoms with Crippen molar-refractivity contribution in [2.24, 2.45) is 0 Å². The monoisotopic (exact) mass is 229 g/mol. The lowest BCUT2D eigenvalue weighted by Crippen LogP contribution is -1.85. The molecule has 62 valence electrons. The summed E-state index contributed by atoms with van der Waals surface area (Å²) in [6, 6.07) is 1.32. The first-order valence-electron chi connectivity index (χ1n) is 3.26. The molecule has 0 aromatic carbocycles. The highest BCUT2D eigenvalue weighted by molar-refractivity contribution is 9.10. The van der Waals surface area contributed by atoms with Crippen LogP contribution in [-0.2, 0) is 0 Å². The van der Waals surface area contributed by atoms with Crippen molar-refractivity contribution in [2.45, 2.75) is 0 Å². The third kappa shape index (κ3) is 1.06. The largest absolute Gasteiger partial charge is 0.382 e. The first-order chi connectivity index (χ1) is 5.66. The summed E-state index contributed by atoms with van der Waals surface area (Å²) in [6.07, 6.45) is 3.20. The third-order valence-electron chi connectivity index (χ3n) is 1.52. The molecule has 0 aliphatic carbocycles. The zero-order valence-corrected chi connectivity index (χ0v) is 7.55. The summed E-state index contributed by atoms with van der Waals surface area (Å²) in [7, 11) is 0. The molecule has 0 unspecified atom stereocenters.